The Hall–Kier alpha value is -0.840. The van der Waals surface area contributed by atoms with Crippen molar-refractivity contribution >= 4 is 22.6 Å². The van der Waals surface area contributed by atoms with Crippen molar-refractivity contribution in [2.75, 3.05) is 0 Å². The van der Waals surface area contributed by atoms with Crippen LogP contribution in [0.25, 0.3) is 11.3 Å². The normalized spacial score (nSPS) is 10.4. The molecule has 0 aliphatic heterocycles. The second kappa shape index (κ2) is 4.13. The average Bonchev–Trinajstić information content (AvgIpc) is 2.67. The Morgan fingerprint density at radius 3 is 2.50 bits per heavy atom. The summed E-state index contributed by atoms with van der Waals surface area (Å²) in [7, 11) is 0. The number of hydrogen-bond acceptors (Lipinski definition) is 0. The number of nitrogens with one attached hydrogen (secondary N) is 1. The lowest BCUT2D eigenvalue weighted by Crippen LogP contribution is -1.77. The van der Waals surface area contributed by atoms with Crippen molar-refractivity contribution in [3.8, 4) is 11.3 Å². The summed E-state index contributed by atoms with van der Waals surface area (Å²) in [5.74, 6) is -0.200. The molecule has 0 aliphatic carbocycles. The van der Waals surface area contributed by atoms with E-state index in [4.69, 9.17) is 0 Å². The van der Waals surface area contributed by atoms with Crippen LogP contribution in [-0.2, 0) is 4.43 Å². The number of alkyl halides is 1. The quantitative estimate of drug-likeness (QED) is 0.642. The first kappa shape index (κ1) is 9.71. The van der Waals surface area contributed by atoms with Crippen molar-refractivity contribution in [1.29, 1.82) is 0 Å². The summed E-state index contributed by atoms with van der Waals surface area (Å²) in [5.41, 5.74) is 3.31. The predicted octanol–water partition coefficient (Wildman–Crippen LogP) is 3.76. The maximum absolute atomic E-state index is 12.7. The topological polar surface area (TPSA) is 15.8 Å². The molecule has 0 atom stereocenters. The zero-order valence-corrected chi connectivity index (χ0v) is 9.58. The molecule has 0 spiro atoms. The van der Waals surface area contributed by atoms with Gasteiger partial charge in [0.15, 0.2) is 0 Å². The van der Waals surface area contributed by atoms with Crippen molar-refractivity contribution in [3.63, 3.8) is 0 Å². The van der Waals surface area contributed by atoms with E-state index in [0.29, 0.717) is 0 Å². The zero-order chi connectivity index (χ0) is 9.97. The van der Waals surface area contributed by atoms with E-state index < -0.39 is 0 Å². The van der Waals surface area contributed by atoms with Crippen LogP contribution in [0, 0.1) is 5.82 Å². The first-order valence-electron chi connectivity index (χ1n) is 4.29. The van der Waals surface area contributed by atoms with E-state index in [-0.39, 0.29) is 5.82 Å². The fraction of sp³-hybridized carbons (Fsp3) is 0.0909. The molecular formula is C11H9FIN. The number of halogens is 2. The van der Waals surface area contributed by atoms with Crippen LogP contribution in [0.1, 0.15) is 5.56 Å². The molecule has 2 rings (SSSR count). The van der Waals surface area contributed by atoms with Gasteiger partial charge >= 0.3 is 0 Å². The van der Waals surface area contributed by atoms with Crippen molar-refractivity contribution in [3.05, 3.63) is 47.9 Å². The number of rotatable bonds is 2. The summed E-state index contributed by atoms with van der Waals surface area (Å²) in [6.45, 7) is 0. The Balaban J connectivity index is 2.34. The molecule has 1 aromatic heterocycles. The van der Waals surface area contributed by atoms with E-state index >= 15 is 0 Å². The average molecular weight is 301 g/mol. The molecule has 0 saturated heterocycles. The largest absolute Gasteiger partial charge is 0.361 e. The molecule has 1 aromatic carbocycles. The van der Waals surface area contributed by atoms with Gasteiger partial charge in [0.25, 0.3) is 0 Å². The number of benzene rings is 1. The minimum absolute atomic E-state index is 0.200. The predicted molar refractivity (Wildman–Crippen MR) is 63.9 cm³/mol. The van der Waals surface area contributed by atoms with Gasteiger partial charge in [-0.05, 0) is 41.5 Å². The standard InChI is InChI=1S/C11H9FIN/c12-10-3-1-9(2-4-10)11-5-8(6-13)7-14-11/h1-5,7,14H,6H2. The van der Waals surface area contributed by atoms with Crippen LogP contribution in [0.2, 0.25) is 0 Å². The van der Waals surface area contributed by atoms with Gasteiger partial charge in [-0.3, -0.25) is 0 Å². The molecule has 0 radical (unpaired) electrons. The highest BCUT2D eigenvalue weighted by Crippen LogP contribution is 2.20. The molecule has 0 saturated carbocycles. The Bertz CT molecular complexity index is 419. The van der Waals surface area contributed by atoms with Gasteiger partial charge in [-0.1, -0.05) is 22.6 Å². The third kappa shape index (κ3) is 1.97. The lowest BCUT2D eigenvalue weighted by atomic mass is 10.1. The first-order chi connectivity index (χ1) is 6.79. The second-order valence-corrected chi connectivity index (χ2v) is 3.82. The Kier molecular flexibility index (Phi) is 2.86. The van der Waals surface area contributed by atoms with Crippen molar-refractivity contribution < 1.29 is 4.39 Å². The van der Waals surface area contributed by atoms with Crippen LogP contribution in [0.15, 0.2) is 36.5 Å². The molecule has 1 heterocycles. The third-order valence-electron chi connectivity index (χ3n) is 2.05. The molecule has 2 aromatic rings. The van der Waals surface area contributed by atoms with E-state index in [0.717, 1.165) is 15.7 Å². The lowest BCUT2D eigenvalue weighted by Gasteiger charge is -1.96. The number of aromatic amines is 1. The number of H-pyrrole nitrogens is 1. The van der Waals surface area contributed by atoms with Crippen LogP contribution < -0.4 is 0 Å². The van der Waals surface area contributed by atoms with Gasteiger partial charge in [-0.15, -0.1) is 0 Å². The summed E-state index contributed by atoms with van der Waals surface area (Å²) in [4.78, 5) is 3.17. The monoisotopic (exact) mass is 301 g/mol. The zero-order valence-electron chi connectivity index (χ0n) is 7.43. The highest BCUT2D eigenvalue weighted by atomic mass is 127. The maximum atomic E-state index is 12.7. The van der Waals surface area contributed by atoms with Crippen LogP contribution in [0.4, 0.5) is 4.39 Å². The SMILES string of the molecule is Fc1ccc(-c2cc(CI)c[nH]2)cc1. The van der Waals surface area contributed by atoms with Gasteiger partial charge in [0.05, 0.1) is 0 Å². The molecule has 0 amide bonds. The molecule has 1 N–H and O–H groups in total. The molecule has 3 heteroatoms. The smallest absolute Gasteiger partial charge is 0.123 e. The van der Waals surface area contributed by atoms with Gasteiger partial charge in [0.1, 0.15) is 5.82 Å². The van der Waals surface area contributed by atoms with Gasteiger partial charge < -0.3 is 4.98 Å². The molecule has 0 fully saturated rings. The molecule has 72 valence electrons. The Labute approximate surface area is 95.5 Å². The summed E-state index contributed by atoms with van der Waals surface area (Å²) < 4.78 is 13.6. The van der Waals surface area contributed by atoms with Gasteiger partial charge in [-0.25, -0.2) is 4.39 Å². The van der Waals surface area contributed by atoms with Crippen LogP contribution in [0.5, 0.6) is 0 Å². The first-order valence-corrected chi connectivity index (χ1v) is 5.81. The molecule has 14 heavy (non-hydrogen) atoms. The van der Waals surface area contributed by atoms with Crippen LogP contribution >= 0.6 is 22.6 Å². The van der Waals surface area contributed by atoms with Crippen molar-refractivity contribution in [1.82, 2.24) is 4.98 Å². The molecule has 0 aliphatic rings. The molecule has 1 nitrogen and oxygen atoms in total. The van der Waals surface area contributed by atoms with Crippen molar-refractivity contribution in [2.45, 2.75) is 4.43 Å². The second-order valence-electron chi connectivity index (χ2n) is 3.06. The van der Waals surface area contributed by atoms with E-state index in [1.807, 2.05) is 6.20 Å². The summed E-state index contributed by atoms with van der Waals surface area (Å²) in [6, 6.07) is 8.58. The minimum Gasteiger partial charge on any atom is -0.361 e. The Morgan fingerprint density at radius 2 is 1.93 bits per heavy atom. The maximum Gasteiger partial charge on any atom is 0.123 e. The molecule has 0 bridgehead atoms. The fourth-order valence-electron chi connectivity index (χ4n) is 1.31. The van der Waals surface area contributed by atoms with Crippen LogP contribution in [0.3, 0.4) is 0 Å². The lowest BCUT2D eigenvalue weighted by molar-refractivity contribution is 0.628. The number of aromatic nitrogens is 1. The highest BCUT2D eigenvalue weighted by Gasteiger charge is 2.00. The van der Waals surface area contributed by atoms with Gasteiger partial charge in [-0.2, -0.15) is 0 Å². The van der Waals surface area contributed by atoms with E-state index in [1.165, 1.54) is 17.7 Å². The minimum atomic E-state index is -0.200. The van der Waals surface area contributed by atoms with Crippen molar-refractivity contribution in [2.24, 2.45) is 0 Å². The van der Waals surface area contributed by atoms with Crippen LogP contribution in [-0.4, -0.2) is 4.98 Å². The van der Waals surface area contributed by atoms with Gasteiger partial charge in [0.2, 0.25) is 0 Å². The van der Waals surface area contributed by atoms with Gasteiger partial charge in [0, 0.05) is 16.3 Å². The van der Waals surface area contributed by atoms with E-state index in [2.05, 4.69) is 33.6 Å². The summed E-state index contributed by atoms with van der Waals surface area (Å²) >= 11 is 2.31. The highest BCUT2D eigenvalue weighted by molar-refractivity contribution is 14.1. The fourth-order valence-corrected chi connectivity index (χ4v) is 1.75. The van der Waals surface area contributed by atoms with E-state index in [9.17, 15) is 4.39 Å². The number of hydrogen-bond donors (Lipinski definition) is 1. The third-order valence-corrected chi connectivity index (χ3v) is 2.93. The molecular weight excluding hydrogens is 292 g/mol. The Morgan fingerprint density at radius 1 is 1.21 bits per heavy atom. The molecule has 0 unspecified atom stereocenters. The summed E-state index contributed by atoms with van der Waals surface area (Å²) in [5, 5.41) is 0. The van der Waals surface area contributed by atoms with E-state index in [1.54, 1.807) is 12.1 Å². The summed E-state index contributed by atoms with van der Waals surface area (Å²) in [6.07, 6.45) is 1.98.